The summed E-state index contributed by atoms with van der Waals surface area (Å²) in [5.41, 5.74) is 3.37. The third-order valence-corrected chi connectivity index (χ3v) is 4.48. The van der Waals surface area contributed by atoms with E-state index in [1.165, 1.54) is 12.3 Å². The van der Waals surface area contributed by atoms with Crippen molar-refractivity contribution in [2.75, 3.05) is 0 Å². The molecule has 4 aromatic rings. The summed E-state index contributed by atoms with van der Waals surface area (Å²) in [5, 5.41) is 7.36. The number of benzene rings is 1. The predicted molar refractivity (Wildman–Crippen MR) is 99.4 cm³/mol. The zero-order valence-corrected chi connectivity index (χ0v) is 14.8. The second-order valence-corrected chi connectivity index (χ2v) is 6.38. The molecule has 136 valence electrons. The molecule has 4 rings (SSSR count). The Morgan fingerprint density at radius 3 is 2.74 bits per heavy atom. The minimum atomic E-state index is -0.434. The van der Waals surface area contributed by atoms with Gasteiger partial charge in [0.15, 0.2) is 11.5 Å². The fraction of sp³-hybridized carbons (Fsp3) is 0.150. The van der Waals surface area contributed by atoms with Gasteiger partial charge in [-0.3, -0.25) is 9.59 Å². The number of nitrogens with one attached hydrogen (secondary N) is 2. The van der Waals surface area contributed by atoms with Crippen molar-refractivity contribution in [2.24, 2.45) is 0 Å². The van der Waals surface area contributed by atoms with Crippen LogP contribution in [0.5, 0.6) is 0 Å². The highest BCUT2D eigenvalue weighted by atomic mass is 16.5. The molecule has 0 aliphatic rings. The highest BCUT2D eigenvalue weighted by Crippen LogP contribution is 2.20. The number of amides is 1. The SMILES string of the molecule is Cc1cc2cc(CNC(=O)c3cc(-c4ccco4)on3)c(=O)[nH]c2cc1C. The van der Waals surface area contributed by atoms with Crippen molar-refractivity contribution in [3.05, 3.63) is 75.4 Å². The van der Waals surface area contributed by atoms with Crippen LogP contribution in [0.15, 0.2) is 56.4 Å². The van der Waals surface area contributed by atoms with E-state index >= 15 is 0 Å². The maximum atomic E-state index is 12.3. The lowest BCUT2D eigenvalue weighted by Crippen LogP contribution is -2.26. The molecule has 0 fully saturated rings. The number of carbonyl (C=O) groups is 1. The maximum Gasteiger partial charge on any atom is 0.273 e. The van der Waals surface area contributed by atoms with Gasteiger partial charge in [0, 0.05) is 23.7 Å². The predicted octanol–water partition coefficient (Wildman–Crippen LogP) is 3.32. The van der Waals surface area contributed by atoms with Crippen LogP contribution in [0.4, 0.5) is 0 Å². The average Bonchev–Trinajstić information content (AvgIpc) is 3.32. The molecule has 2 N–H and O–H groups in total. The smallest absolute Gasteiger partial charge is 0.273 e. The minimum absolute atomic E-state index is 0.0833. The van der Waals surface area contributed by atoms with Crippen molar-refractivity contribution >= 4 is 16.8 Å². The van der Waals surface area contributed by atoms with Crippen LogP contribution < -0.4 is 10.9 Å². The quantitative estimate of drug-likeness (QED) is 0.579. The van der Waals surface area contributed by atoms with Gasteiger partial charge in [0.05, 0.1) is 6.26 Å². The second kappa shape index (κ2) is 6.60. The van der Waals surface area contributed by atoms with Gasteiger partial charge in [-0.25, -0.2) is 0 Å². The number of aromatic amines is 1. The summed E-state index contributed by atoms with van der Waals surface area (Å²) < 4.78 is 10.3. The van der Waals surface area contributed by atoms with Crippen molar-refractivity contribution in [1.29, 1.82) is 0 Å². The van der Waals surface area contributed by atoms with E-state index in [4.69, 9.17) is 8.94 Å². The number of pyridine rings is 1. The summed E-state index contributed by atoms with van der Waals surface area (Å²) in [4.78, 5) is 27.4. The molecule has 1 amide bonds. The molecule has 0 spiro atoms. The van der Waals surface area contributed by atoms with Crippen LogP contribution in [0, 0.1) is 13.8 Å². The maximum absolute atomic E-state index is 12.3. The molecule has 0 saturated carbocycles. The van der Waals surface area contributed by atoms with Gasteiger partial charge >= 0.3 is 0 Å². The monoisotopic (exact) mass is 363 g/mol. The Kier molecular flexibility index (Phi) is 4.12. The molecule has 0 saturated heterocycles. The number of carbonyl (C=O) groups excluding carboxylic acids is 1. The lowest BCUT2D eigenvalue weighted by Gasteiger charge is -2.07. The first kappa shape index (κ1) is 16.8. The van der Waals surface area contributed by atoms with Gasteiger partial charge in [-0.05, 0) is 60.7 Å². The van der Waals surface area contributed by atoms with Crippen molar-refractivity contribution in [2.45, 2.75) is 20.4 Å². The van der Waals surface area contributed by atoms with E-state index in [1.54, 1.807) is 18.2 Å². The zero-order chi connectivity index (χ0) is 19.0. The van der Waals surface area contributed by atoms with E-state index in [0.717, 1.165) is 22.0 Å². The molecule has 0 radical (unpaired) electrons. The number of rotatable bonds is 4. The summed E-state index contributed by atoms with van der Waals surface area (Å²) in [6, 6.07) is 10.7. The third kappa shape index (κ3) is 3.27. The van der Waals surface area contributed by atoms with E-state index in [0.29, 0.717) is 17.1 Å². The topological polar surface area (TPSA) is 101 Å². The first-order chi connectivity index (χ1) is 13.0. The molecule has 3 heterocycles. The zero-order valence-electron chi connectivity index (χ0n) is 14.8. The lowest BCUT2D eigenvalue weighted by atomic mass is 10.0. The standard InChI is InChI=1S/C20H17N3O4/c1-11-6-13-8-14(19(24)22-15(13)7-12(11)2)10-21-20(25)16-9-18(27-23-16)17-4-3-5-26-17/h3-9H,10H2,1-2H3,(H,21,25)(H,22,24). The molecule has 3 aromatic heterocycles. The second-order valence-electron chi connectivity index (χ2n) is 6.38. The molecule has 0 atom stereocenters. The van der Waals surface area contributed by atoms with Gasteiger partial charge in [0.25, 0.3) is 11.5 Å². The van der Waals surface area contributed by atoms with Crippen LogP contribution in [-0.2, 0) is 6.54 Å². The van der Waals surface area contributed by atoms with Gasteiger partial charge in [0.1, 0.15) is 0 Å². The molecule has 0 bridgehead atoms. The summed E-state index contributed by atoms with van der Waals surface area (Å²) >= 11 is 0. The molecule has 27 heavy (non-hydrogen) atoms. The Labute approximate surface area is 154 Å². The highest BCUT2D eigenvalue weighted by Gasteiger charge is 2.15. The van der Waals surface area contributed by atoms with Gasteiger partial charge < -0.3 is 19.2 Å². The average molecular weight is 363 g/mol. The van der Waals surface area contributed by atoms with Crippen LogP contribution in [-0.4, -0.2) is 16.0 Å². The van der Waals surface area contributed by atoms with E-state index in [2.05, 4.69) is 15.5 Å². The fourth-order valence-corrected chi connectivity index (χ4v) is 2.84. The summed E-state index contributed by atoms with van der Waals surface area (Å²) in [6.07, 6.45) is 1.51. The van der Waals surface area contributed by atoms with Crippen LogP contribution in [0.2, 0.25) is 0 Å². The number of aromatic nitrogens is 2. The summed E-state index contributed by atoms with van der Waals surface area (Å²) in [7, 11) is 0. The number of nitrogens with zero attached hydrogens (tertiary/aromatic N) is 1. The van der Waals surface area contributed by atoms with Crippen LogP contribution in [0.25, 0.3) is 22.4 Å². The first-order valence-corrected chi connectivity index (χ1v) is 8.43. The normalized spacial score (nSPS) is 11.0. The molecule has 0 unspecified atom stereocenters. The number of fused-ring (bicyclic) bond motifs is 1. The Morgan fingerprint density at radius 2 is 1.96 bits per heavy atom. The summed E-state index contributed by atoms with van der Waals surface area (Å²) in [5.74, 6) is 0.411. The van der Waals surface area contributed by atoms with Crippen molar-refractivity contribution in [1.82, 2.24) is 15.5 Å². The van der Waals surface area contributed by atoms with E-state index < -0.39 is 5.91 Å². The fourth-order valence-electron chi connectivity index (χ4n) is 2.84. The molecule has 7 nitrogen and oxygen atoms in total. The van der Waals surface area contributed by atoms with Gasteiger partial charge in [-0.2, -0.15) is 0 Å². The van der Waals surface area contributed by atoms with E-state index in [1.807, 2.05) is 26.0 Å². The Balaban J connectivity index is 1.53. The number of furan rings is 1. The third-order valence-electron chi connectivity index (χ3n) is 4.48. The highest BCUT2D eigenvalue weighted by molar-refractivity contribution is 5.93. The molecule has 0 aliphatic carbocycles. The molecular formula is C20H17N3O4. The van der Waals surface area contributed by atoms with Crippen molar-refractivity contribution in [3.63, 3.8) is 0 Å². The van der Waals surface area contributed by atoms with Crippen molar-refractivity contribution in [3.8, 4) is 11.5 Å². The van der Waals surface area contributed by atoms with Crippen LogP contribution in [0.3, 0.4) is 0 Å². The van der Waals surface area contributed by atoms with E-state index in [-0.39, 0.29) is 17.8 Å². The number of H-pyrrole nitrogens is 1. The largest absolute Gasteiger partial charge is 0.461 e. The minimum Gasteiger partial charge on any atom is -0.461 e. The number of hydrogen-bond acceptors (Lipinski definition) is 5. The molecule has 1 aromatic carbocycles. The Hall–Kier alpha value is -3.61. The van der Waals surface area contributed by atoms with Gasteiger partial charge in [-0.1, -0.05) is 5.16 Å². The van der Waals surface area contributed by atoms with Gasteiger partial charge in [0.2, 0.25) is 5.76 Å². The number of hydrogen-bond donors (Lipinski definition) is 2. The van der Waals surface area contributed by atoms with Crippen LogP contribution >= 0.6 is 0 Å². The summed E-state index contributed by atoms with van der Waals surface area (Å²) in [6.45, 7) is 4.10. The van der Waals surface area contributed by atoms with Gasteiger partial charge in [-0.15, -0.1) is 0 Å². The molecule has 0 aliphatic heterocycles. The van der Waals surface area contributed by atoms with Crippen molar-refractivity contribution < 1.29 is 13.7 Å². The Morgan fingerprint density at radius 1 is 1.15 bits per heavy atom. The Bertz CT molecular complexity index is 1190. The number of aryl methyl sites for hydroxylation is 2. The lowest BCUT2D eigenvalue weighted by molar-refractivity contribution is 0.0942. The van der Waals surface area contributed by atoms with Crippen LogP contribution in [0.1, 0.15) is 27.2 Å². The molecular weight excluding hydrogens is 346 g/mol. The molecule has 7 heteroatoms. The first-order valence-electron chi connectivity index (χ1n) is 8.43. The van der Waals surface area contributed by atoms with E-state index in [9.17, 15) is 9.59 Å².